The summed E-state index contributed by atoms with van der Waals surface area (Å²) in [5.41, 5.74) is -0.409. The fourth-order valence-corrected chi connectivity index (χ4v) is 1.77. The Morgan fingerprint density at radius 2 is 1.72 bits per heavy atom. The minimum atomic E-state index is -0.409. The molecule has 0 aromatic rings. The first kappa shape index (κ1) is 17.2. The molecule has 1 heterocycles. The molecule has 0 atom stereocenters. The third kappa shape index (κ3) is 6.84. The molecule has 0 spiro atoms. The van der Waals surface area contributed by atoms with E-state index in [0.29, 0.717) is 6.10 Å². The van der Waals surface area contributed by atoms with Gasteiger partial charge in [0.25, 0.3) is 0 Å². The Kier molecular flexibility index (Phi) is 8.00. The van der Waals surface area contributed by atoms with Gasteiger partial charge in [-0.05, 0) is 40.5 Å². The summed E-state index contributed by atoms with van der Waals surface area (Å²) in [6, 6.07) is 0. The molecule has 0 radical (unpaired) electrons. The molecule has 0 unspecified atom stereocenters. The number of rotatable bonds is 2. The fraction of sp³-hybridized carbons (Fsp3) is 0.929. The van der Waals surface area contributed by atoms with Crippen LogP contribution in [0.3, 0.4) is 0 Å². The minimum Gasteiger partial charge on any atom is -0.444 e. The van der Waals surface area contributed by atoms with Crippen molar-refractivity contribution in [1.29, 1.82) is 0 Å². The van der Waals surface area contributed by atoms with E-state index in [0.717, 1.165) is 32.5 Å². The lowest BCUT2D eigenvalue weighted by Crippen LogP contribution is -2.43. The molecular formula is C14H29NO3. The zero-order chi connectivity index (χ0) is 14.2. The summed E-state index contributed by atoms with van der Waals surface area (Å²) in [4.78, 5) is 13.5. The number of ether oxygens (including phenoxy) is 2. The zero-order valence-electron chi connectivity index (χ0n) is 12.8. The van der Waals surface area contributed by atoms with E-state index in [2.05, 4.69) is 0 Å². The lowest BCUT2D eigenvalue weighted by molar-refractivity contribution is -0.00802. The second-order valence-electron chi connectivity index (χ2n) is 5.12. The van der Waals surface area contributed by atoms with Crippen molar-refractivity contribution in [2.75, 3.05) is 19.7 Å². The van der Waals surface area contributed by atoms with Crippen molar-refractivity contribution in [2.45, 2.75) is 66.1 Å². The molecule has 1 saturated heterocycles. The monoisotopic (exact) mass is 259 g/mol. The second-order valence-corrected chi connectivity index (χ2v) is 5.12. The van der Waals surface area contributed by atoms with Gasteiger partial charge in [0.05, 0.1) is 6.10 Å². The number of carbonyl (C=O) groups is 1. The fourth-order valence-electron chi connectivity index (χ4n) is 1.77. The Morgan fingerprint density at radius 1 is 1.22 bits per heavy atom. The Balaban J connectivity index is 0.00000137. The van der Waals surface area contributed by atoms with Gasteiger partial charge in [-0.1, -0.05) is 13.8 Å². The average Bonchev–Trinajstić information content (AvgIpc) is 2.31. The molecular weight excluding hydrogens is 230 g/mol. The number of hydrogen-bond donors (Lipinski definition) is 0. The molecule has 0 N–H and O–H groups in total. The Morgan fingerprint density at radius 3 is 2.11 bits per heavy atom. The Hall–Kier alpha value is -0.770. The van der Waals surface area contributed by atoms with Crippen molar-refractivity contribution in [3.05, 3.63) is 0 Å². The third-order valence-electron chi connectivity index (χ3n) is 2.50. The maximum Gasteiger partial charge on any atom is 0.410 e. The molecule has 18 heavy (non-hydrogen) atoms. The number of carbonyl (C=O) groups excluding carboxylic acids is 1. The van der Waals surface area contributed by atoms with Gasteiger partial charge in [0.15, 0.2) is 0 Å². The van der Waals surface area contributed by atoms with E-state index in [-0.39, 0.29) is 6.09 Å². The number of piperidine rings is 1. The van der Waals surface area contributed by atoms with E-state index in [1.807, 2.05) is 41.5 Å². The predicted octanol–water partition coefficient (Wildman–Crippen LogP) is 3.45. The third-order valence-corrected chi connectivity index (χ3v) is 2.50. The van der Waals surface area contributed by atoms with Crippen LogP contribution in [-0.2, 0) is 9.47 Å². The lowest BCUT2D eigenvalue weighted by atomic mass is 10.1. The van der Waals surface area contributed by atoms with Gasteiger partial charge in [-0.25, -0.2) is 4.79 Å². The summed E-state index contributed by atoms with van der Waals surface area (Å²) in [5, 5.41) is 0. The molecule has 1 amide bonds. The quantitative estimate of drug-likeness (QED) is 0.762. The summed E-state index contributed by atoms with van der Waals surface area (Å²) in [6.45, 7) is 13.9. The Labute approximate surface area is 112 Å². The molecule has 1 aliphatic heterocycles. The zero-order valence-corrected chi connectivity index (χ0v) is 12.8. The molecule has 4 nitrogen and oxygen atoms in total. The first-order valence-electron chi connectivity index (χ1n) is 7.02. The summed E-state index contributed by atoms with van der Waals surface area (Å²) in [7, 11) is 0. The number of nitrogens with zero attached hydrogens (tertiary/aromatic N) is 1. The second kappa shape index (κ2) is 8.35. The van der Waals surface area contributed by atoms with Gasteiger partial charge in [0, 0.05) is 19.7 Å². The van der Waals surface area contributed by atoms with Gasteiger partial charge in [-0.2, -0.15) is 0 Å². The van der Waals surface area contributed by atoms with E-state index in [9.17, 15) is 4.79 Å². The number of amides is 1. The van der Waals surface area contributed by atoms with Gasteiger partial charge in [-0.15, -0.1) is 0 Å². The smallest absolute Gasteiger partial charge is 0.410 e. The summed E-state index contributed by atoms with van der Waals surface area (Å²) >= 11 is 0. The Bertz CT molecular complexity index is 228. The molecule has 0 bridgehead atoms. The van der Waals surface area contributed by atoms with Crippen LogP contribution in [0.1, 0.15) is 54.4 Å². The molecule has 4 heteroatoms. The SMILES string of the molecule is CC.CCOC1CCN(C(=O)OC(C)(C)C)CC1. The molecule has 1 aliphatic rings. The van der Waals surface area contributed by atoms with Crippen LogP contribution < -0.4 is 0 Å². The highest BCUT2D eigenvalue weighted by atomic mass is 16.6. The van der Waals surface area contributed by atoms with Crippen LogP contribution in [0.5, 0.6) is 0 Å². The standard InChI is InChI=1S/C12H23NO3.C2H6/c1-5-15-10-6-8-13(9-7-10)11(14)16-12(2,3)4;1-2/h10H,5-9H2,1-4H3;1-2H3. The van der Waals surface area contributed by atoms with Gasteiger partial charge in [0.2, 0.25) is 0 Å². The first-order valence-corrected chi connectivity index (χ1v) is 7.02. The van der Waals surface area contributed by atoms with Crippen molar-refractivity contribution >= 4 is 6.09 Å². The number of likely N-dealkylation sites (tertiary alicyclic amines) is 1. The van der Waals surface area contributed by atoms with Crippen LogP contribution in [0, 0.1) is 0 Å². The van der Waals surface area contributed by atoms with Crippen molar-refractivity contribution in [3.8, 4) is 0 Å². The van der Waals surface area contributed by atoms with Crippen LogP contribution in [0.4, 0.5) is 4.79 Å². The lowest BCUT2D eigenvalue weighted by Gasteiger charge is -2.33. The van der Waals surface area contributed by atoms with E-state index >= 15 is 0 Å². The predicted molar refractivity (Wildman–Crippen MR) is 73.8 cm³/mol. The molecule has 108 valence electrons. The highest BCUT2D eigenvalue weighted by molar-refractivity contribution is 5.68. The van der Waals surface area contributed by atoms with Gasteiger partial charge < -0.3 is 14.4 Å². The van der Waals surface area contributed by atoms with Crippen molar-refractivity contribution in [3.63, 3.8) is 0 Å². The summed E-state index contributed by atoms with van der Waals surface area (Å²) in [6.07, 6.45) is 1.92. The van der Waals surface area contributed by atoms with Crippen molar-refractivity contribution < 1.29 is 14.3 Å². The summed E-state index contributed by atoms with van der Waals surface area (Å²) in [5.74, 6) is 0. The average molecular weight is 259 g/mol. The molecule has 1 rings (SSSR count). The maximum atomic E-state index is 11.7. The van der Waals surface area contributed by atoms with Crippen molar-refractivity contribution in [1.82, 2.24) is 4.90 Å². The van der Waals surface area contributed by atoms with E-state index in [1.54, 1.807) is 4.90 Å². The highest BCUT2D eigenvalue weighted by Crippen LogP contribution is 2.17. The maximum absolute atomic E-state index is 11.7. The molecule has 0 aliphatic carbocycles. The van der Waals surface area contributed by atoms with Crippen LogP contribution in [-0.4, -0.2) is 42.4 Å². The van der Waals surface area contributed by atoms with E-state index in [1.165, 1.54) is 0 Å². The first-order chi connectivity index (χ1) is 8.42. The topological polar surface area (TPSA) is 38.8 Å². The van der Waals surface area contributed by atoms with Crippen LogP contribution in [0.2, 0.25) is 0 Å². The van der Waals surface area contributed by atoms with E-state index < -0.39 is 5.60 Å². The normalized spacial score (nSPS) is 16.9. The molecule has 1 fully saturated rings. The summed E-state index contributed by atoms with van der Waals surface area (Å²) < 4.78 is 10.9. The molecule has 0 aromatic heterocycles. The van der Waals surface area contributed by atoms with Gasteiger partial charge in [0.1, 0.15) is 5.60 Å². The van der Waals surface area contributed by atoms with E-state index in [4.69, 9.17) is 9.47 Å². The van der Waals surface area contributed by atoms with Crippen LogP contribution in [0.15, 0.2) is 0 Å². The van der Waals surface area contributed by atoms with Gasteiger partial charge >= 0.3 is 6.09 Å². The number of hydrogen-bond acceptors (Lipinski definition) is 3. The largest absolute Gasteiger partial charge is 0.444 e. The van der Waals surface area contributed by atoms with Gasteiger partial charge in [-0.3, -0.25) is 0 Å². The minimum absolute atomic E-state index is 0.206. The molecule has 0 saturated carbocycles. The van der Waals surface area contributed by atoms with Crippen LogP contribution >= 0.6 is 0 Å². The molecule has 0 aromatic carbocycles. The van der Waals surface area contributed by atoms with Crippen LogP contribution in [0.25, 0.3) is 0 Å². The van der Waals surface area contributed by atoms with Crippen molar-refractivity contribution in [2.24, 2.45) is 0 Å². The highest BCUT2D eigenvalue weighted by Gasteiger charge is 2.26.